The van der Waals surface area contributed by atoms with E-state index in [1.54, 1.807) is 6.26 Å². The number of aromatic nitrogens is 2. The van der Waals surface area contributed by atoms with Gasteiger partial charge in [0.2, 0.25) is 5.91 Å². The third-order valence-electron chi connectivity index (χ3n) is 5.68. The molecule has 3 rings (SSSR count). The lowest BCUT2D eigenvalue weighted by Gasteiger charge is -2.26. The van der Waals surface area contributed by atoms with E-state index in [4.69, 9.17) is 10.2 Å². The van der Waals surface area contributed by atoms with Crippen molar-refractivity contribution in [3.63, 3.8) is 0 Å². The van der Waals surface area contributed by atoms with Crippen LogP contribution in [0.4, 0.5) is 11.5 Å². The maximum Gasteiger partial charge on any atom is 0.330 e. The molecule has 8 nitrogen and oxygen atoms in total. The van der Waals surface area contributed by atoms with Crippen molar-refractivity contribution in [2.24, 2.45) is 5.92 Å². The summed E-state index contributed by atoms with van der Waals surface area (Å²) in [6.45, 7) is 10.6. The van der Waals surface area contributed by atoms with Gasteiger partial charge in [-0.1, -0.05) is 27.2 Å². The lowest BCUT2D eigenvalue weighted by molar-refractivity contribution is -0.118. The molecule has 0 aliphatic carbocycles. The molecule has 3 N–H and O–H groups in total. The van der Waals surface area contributed by atoms with E-state index >= 15 is 0 Å². The summed E-state index contributed by atoms with van der Waals surface area (Å²) in [4.78, 5) is 42.2. The van der Waals surface area contributed by atoms with Crippen LogP contribution in [-0.4, -0.2) is 22.0 Å². The van der Waals surface area contributed by atoms with Gasteiger partial charge in [0.15, 0.2) is 5.69 Å². The smallest absolute Gasteiger partial charge is 0.330 e. The molecule has 1 aromatic carbocycles. The van der Waals surface area contributed by atoms with Crippen molar-refractivity contribution in [3.8, 4) is 0 Å². The highest BCUT2D eigenvalue weighted by molar-refractivity contribution is 5.99. The predicted molar refractivity (Wildman–Crippen MR) is 127 cm³/mol. The normalized spacial score (nSPS) is 11.4. The highest BCUT2D eigenvalue weighted by Crippen LogP contribution is 2.27. The minimum Gasteiger partial charge on any atom is -0.464 e. The molecule has 0 aliphatic heterocycles. The SMILES string of the molecule is CCCCn1c(N)c(N(CC(C)C)C(=O)Cc2coc3cc(C)c(C)cc23)c(=O)[nH]c1=O. The van der Waals surface area contributed by atoms with Gasteiger partial charge < -0.3 is 15.1 Å². The second-order valence-corrected chi connectivity index (χ2v) is 8.77. The first-order valence-electron chi connectivity index (χ1n) is 11.0. The van der Waals surface area contributed by atoms with E-state index in [0.717, 1.165) is 40.5 Å². The van der Waals surface area contributed by atoms with Gasteiger partial charge in [-0.05, 0) is 49.4 Å². The summed E-state index contributed by atoms with van der Waals surface area (Å²) >= 11 is 0. The van der Waals surface area contributed by atoms with Crippen molar-refractivity contribution in [1.29, 1.82) is 0 Å². The Kier molecular flexibility index (Phi) is 6.91. The monoisotopic (exact) mass is 440 g/mol. The van der Waals surface area contributed by atoms with Crippen LogP contribution in [0.2, 0.25) is 0 Å². The first-order valence-corrected chi connectivity index (χ1v) is 11.0. The first kappa shape index (κ1) is 23.4. The van der Waals surface area contributed by atoms with Crippen LogP contribution < -0.4 is 21.9 Å². The number of fused-ring (bicyclic) bond motifs is 1. The number of benzene rings is 1. The van der Waals surface area contributed by atoms with Crippen molar-refractivity contribution < 1.29 is 9.21 Å². The van der Waals surface area contributed by atoms with Gasteiger partial charge in [0.1, 0.15) is 11.4 Å². The van der Waals surface area contributed by atoms with E-state index in [2.05, 4.69) is 4.98 Å². The minimum atomic E-state index is -0.655. The average Bonchev–Trinajstić information content (AvgIpc) is 3.08. The Bertz CT molecular complexity index is 1250. The number of unbranched alkanes of at least 4 members (excludes halogenated alkanes) is 1. The molecule has 32 heavy (non-hydrogen) atoms. The summed E-state index contributed by atoms with van der Waals surface area (Å²) in [5, 5.41) is 0.876. The summed E-state index contributed by atoms with van der Waals surface area (Å²) in [5.41, 5.74) is 8.77. The maximum atomic E-state index is 13.4. The number of nitrogen functional groups attached to an aromatic ring is 1. The second-order valence-electron chi connectivity index (χ2n) is 8.77. The fraction of sp³-hybridized carbons (Fsp3) is 0.458. The number of nitrogens with zero attached hydrogens (tertiary/aromatic N) is 2. The van der Waals surface area contributed by atoms with E-state index in [1.807, 2.05) is 46.8 Å². The van der Waals surface area contributed by atoms with E-state index in [1.165, 1.54) is 9.47 Å². The van der Waals surface area contributed by atoms with E-state index in [9.17, 15) is 14.4 Å². The van der Waals surface area contributed by atoms with Crippen molar-refractivity contribution in [2.45, 2.75) is 60.4 Å². The van der Waals surface area contributed by atoms with Crippen LogP contribution in [0.25, 0.3) is 11.0 Å². The van der Waals surface area contributed by atoms with Crippen LogP contribution in [0.15, 0.2) is 32.4 Å². The molecule has 0 saturated carbocycles. The highest BCUT2D eigenvalue weighted by atomic mass is 16.3. The van der Waals surface area contributed by atoms with Gasteiger partial charge in [0, 0.05) is 24.0 Å². The standard InChI is InChI=1S/C24H32N4O4/c1-6-7-8-27-22(25)21(23(30)26-24(27)31)28(12-14(2)3)20(29)11-17-13-32-19-10-16(5)15(4)9-18(17)19/h9-10,13-14H,6-8,11-12,25H2,1-5H3,(H,26,30,31). The number of amides is 1. The summed E-state index contributed by atoms with van der Waals surface area (Å²) in [5.74, 6) is -0.179. The van der Waals surface area contributed by atoms with Gasteiger partial charge in [-0.3, -0.25) is 19.1 Å². The minimum absolute atomic E-state index is 0.0183. The maximum absolute atomic E-state index is 13.4. The molecule has 0 unspecified atom stereocenters. The lowest BCUT2D eigenvalue weighted by Crippen LogP contribution is -2.43. The molecule has 3 aromatic rings. The Morgan fingerprint density at radius 3 is 2.56 bits per heavy atom. The van der Waals surface area contributed by atoms with Crippen molar-refractivity contribution in [1.82, 2.24) is 9.55 Å². The molecule has 0 radical (unpaired) electrons. The van der Waals surface area contributed by atoms with Gasteiger partial charge in [0.25, 0.3) is 5.56 Å². The topological polar surface area (TPSA) is 114 Å². The van der Waals surface area contributed by atoms with Crippen LogP contribution in [0, 0.1) is 19.8 Å². The van der Waals surface area contributed by atoms with Gasteiger partial charge in [-0.25, -0.2) is 4.79 Å². The zero-order valence-electron chi connectivity index (χ0n) is 19.4. The summed E-state index contributed by atoms with van der Waals surface area (Å²) < 4.78 is 7.00. The summed E-state index contributed by atoms with van der Waals surface area (Å²) in [6, 6.07) is 3.96. The average molecular weight is 441 g/mol. The zero-order chi connectivity index (χ0) is 23.6. The number of H-pyrrole nitrogens is 1. The highest BCUT2D eigenvalue weighted by Gasteiger charge is 2.26. The fourth-order valence-electron chi connectivity index (χ4n) is 3.79. The summed E-state index contributed by atoms with van der Waals surface area (Å²) in [7, 11) is 0. The number of carbonyl (C=O) groups excluding carboxylic acids is 1. The molecule has 2 heterocycles. The number of nitrogens with one attached hydrogen (secondary N) is 1. The van der Waals surface area contributed by atoms with Crippen LogP contribution in [0.3, 0.4) is 0 Å². The number of aromatic amines is 1. The Morgan fingerprint density at radius 2 is 1.91 bits per heavy atom. The molecule has 8 heteroatoms. The number of aryl methyl sites for hydroxylation is 2. The van der Waals surface area contributed by atoms with Gasteiger partial charge >= 0.3 is 5.69 Å². The van der Waals surface area contributed by atoms with E-state index < -0.39 is 11.2 Å². The molecule has 0 bridgehead atoms. The van der Waals surface area contributed by atoms with Crippen molar-refractivity contribution in [2.75, 3.05) is 17.2 Å². The molecule has 172 valence electrons. The number of carbonyl (C=O) groups is 1. The molecule has 0 saturated heterocycles. The molecule has 0 aliphatic rings. The molecule has 2 aromatic heterocycles. The largest absolute Gasteiger partial charge is 0.464 e. The number of anilines is 2. The van der Waals surface area contributed by atoms with E-state index in [0.29, 0.717) is 13.1 Å². The van der Waals surface area contributed by atoms with Crippen LogP contribution >= 0.6 is 0 Å². The van der Waals surface area contributed by atoms with Gasteiger partial charge in [-0.2, -0.15) is 0 Å². The summed E-state index contributed by atoms with van der Waals surface area (Å²) in [6.07, 6.45) is 3.23. The second kappa shape index (κ2) is 9.46. The Balaban J connectivity index is 2.04. The zero-order valence-corrected chi connectivity index (χ0v) is 19.4. The third kappa shape index (κ3) is 4.64. The number of furan rings is 1. The molecule has 1 amide bonds. The van der Waals surface area contributed by atoms with E-state index in [-0.39, 0.29) is 29.8 Å². The fourth-order valence-corrected chi connectivity index (χ4v) is 3.79. The van der Waals surface area contributed by atoms with Crippen molar-refractivity contribution >= 4 is 28.4 Å². The van der Waals surface area contributed by atoms with Crippen LogP contribution in [0.5, 0.6) is 0 Å². The predicted octanol–water partition coefficient (Wildman–Crippen LogP) is 3.51. The number of hydrogen-bond acceptors (Lipinski definition) is 5. The lowest BCUT2D eigenvalue weighted by atomic mass is 10.0. The van der Waals surface area contributed by atoms with Gasteiger partial charge in [0.05, 0.1) is 12.7 Å². The number of nitrogens with two attached hydrogens (primary N) is 1. The first-order chi connectivity index (χ1) is 15.1. The molecule has 0 atom stereocenters. The number of hydrogen-bond donors (Lipinski definition) is 2. The third-order valence-corrected chi connectivity index (χ3v) is 5.68. The molecular formula is C24H32N4O4. The van der Waals surface area contributed by atoms with Crippen LogP contribution in [0.1, 0.15) is 50.3 Å². The Hall–Kier alpha value is -3.29. The Morgan fingerprint density at radius 1 is 1.22 bits per heavy atom. The molecule has 0 spiro atoms. The van der Waals surface area contributed by atoms with Gasteiger partial charge in [-0.15, -0.1) is 0 Å². The Labute approximate surface area is 187 Å². The molecular weight excluding hydrogens is 408 g/mol. The van der Waals surface area contributed by atoms with Crippen LogP contribution in [-0.2, 0) is 17.8 Å². The van der Waals surface area contributed by atoms with Crippen molar-refractivity contribution in [3.05, 3.63) is 55.9 Å². The molecule has 0 fully saturated rings. The number of rotatable bonds is 8. The quantitative estimate of drug-likeness (QED) is 0.556.